The first-order valence-corrected chi connectivity index (χ1v) is 10.8. The van der Waals surface area contributed by atoms with Gasteiger partial charge in [0.1, 0.15) is 0 Å². The molecule has 0 radical (unpaired) electrons. The van der Waals surface area contributed by atoms with Gasteiger partial charge in [0.05, 0.1) is 10.8 Å². The summed E-state index contributed by atoms with van der Waals surface area (Å²) in [6, 6.07) is 3.85. The molecule has 1 saturated heterocycles. The molecule has 10 heteroatoms. The lowest BCUT2D eigenvalue weighted by molar-refractivity contribution is -0.134. The number of carbonyl (C=O) groups is 2. The number of thiazole rings is 1. The first-order valence-electron chi connectivity index (χ1n) is 9.03. The van der Waals surface area contributed by atoms with E-state index in [0.717, 1.165) is 17.7 Å². The van der Waals surface area contributed by atoms with Crippen LogP contribution in [0.4, 0.5) is 5.13 Å². The zero-order chi connectivity index (χ0) is 19.3. The molecule has 4 rings (SSSR count). The lowest BCUT2D eigenvalue weighted by Gasteiger charge is -2.31. The molecule has 8 nitrogen and oxygen atoms in total. The van der Waals surface area contributed by atoms with Crippen LogP contribution in [0.3, 0.4) is 0 Å². The predicted molar refractivity (Wildman–Crippen MR) is 106 cm³/mol. The number of aryl methyl sites for hydroxylation is 1. The molecule has 3 aromatic heterocycles. The third-order valence-electron chi connectivity index (χ3n) is 4.57. The molecule has 0 aromatic carbocycles. The molecule has 3 aromatic rings. The van der Waals surface area contributed by atoms with Crippen LogP contribution in [0.5, 0.6) is 0 Å². The smallest absolute Gasteiger partial charge is 0.231 e. The fourth-order valence-corrected chi connectivity index (χ4v) is 4.33. The van der Waals surface area contributed by atoms with Crippen molar-refractivity contribution >= 4 is 39.6 Å². The van der Waals surface area contributed by atoms with Gasteiger partial charge in [0.15, 0.2) is 5.13 Å². The van der Waals surface area contributed by atoms with Crippen LogP contribution in [0.2, 0.25) is 0 Å². The number of nitrogens with one attached hydrogen (secondary N) is 1. The van der Waals surface area contributed by atoms with Crippen molar-refractivity contribution in [3.8, 4) is 10.7 Å². The third kappa shape index (κ3) is 4.45. The van der Waals surface area contributed by atoms with Gasteiger partial charge in [-0.2, -0.15) is 4.98 Å². The second-order valence-corrected chi connectivity index (χ2v) is 8.34. The molecule has 28 heavy (non-hydrogen) atoms. The van der Waals surface area contributed by atoms with Gasteiger partial charge in [0.25, 0.3) is 0 Å². The van der Waals surface area contributed by atoms with Crippen molar-refractivity contribution in [1.82, 2.24) is 20.0 Å². The molecule has 1 aliphatic rings. The summed E-state index contributed by atoms with van der Waals surface area (Å²) in [6.07, 6.45) is 3.91. The van der Waals surface area contributed by atoms with Gasteiger partial charge < -0.3 is 14.7 Å². The van der Waals surface area contributed by atoms with Gasteiger partial charge in [-0.15, -0.1) is 22.7 Å². The zero-order valence-corrected chi connectivity index (χ0v) is 16.7. The molecule has 0 spiro atoms. The van der Waals surface area contributed by atoms with Crippen LogP contribution in [-0.2, 0) is 16.0 Å². The maximum atomic E-state index is 12.6. The topological polar surface area (TPSA) is 101 Å². The van der Waals surface area contributed by atoms with Crippen LogP contribution in [0.1, 0.15) is 25.2 Å². The summed E-state index contributed by atoms with van der Waals surface area (Å²) in [6.45, 7) is 1.10. The monoisotopic (exact) mass is 417 g/mol. The van der Waals surface area contributed by atoms with Crippen LogP contribution >= 0.6 is 22.7 Å². The van der Waals surface area contributed by atoms with E-state index in [1.165, 1.54) is 22.7 Å². The Morgan fingerprint density at radius 2 is 2.25 bits per heavy atom. The SMILES string of the molecule is O=C(Nc1nccs1)C1CCCN(C(=O)CCc2nc(-c3cccs3)no2)C1. The van der Waals surface area contributed by atoms with E-state index >= 15 is 0 Å². The van der Waals surface area contributed by atoms with E-state index < -0.39 is 0 Å². The molecule has 4 heterocycles. The first kappa shape index (κ1) is 18.8. The molecule has 2 amide bonds. The Labute approximate surface area is 169 Å². The number of amides is 2. The highest BCUT2D eigenvalue weighted by molar-refractivity contribution is 7.13. The van der Waals surface area contributed by atoms with E-state index in [1.54, 1.807) is 11.1 Å². The molecule has 1 aliphatic heterocycles. The average Bonchev–Trinajstić information content (AvgIpc) is 3.48. The number of rotatable bonds is 6. The molecule has 1 fully saturated rings. The summed E-state index contributed by atoms with van der Waals surface area (Å²) in [7, 11) is 0. The van der Waals surface area contributed by atoms with E-state index in [1.807, 2.05) is 22.9 Å². The van der Waals surface area contributed by atoms with Gasteiger partial charge in [0, 0.05) is 37.5 Å². The minimum absolute atomic E-state index is 0.00243. The van der Waals surface area contributed by atoms with Crippen molar-refractivity contribution in [3.63, 3.8) is 0 Å². The number of aromatic nitrogens is 3. The van der Waals surface area contributed by atoms with Gasteiger partial charge in [-0.1, -0.05) is 11.2 Å². The van der Waals surface area contributed by atoms with Gasteiger partial charge in [-0.05, 0) is 24.3 Å². The lowest BCUT2D eigenvalue weighted by atomic mass is 9.97. The summed E-state index contributed by atoms with van der Waals surface area (Å²) in [5.41, 5.74) is 0. The van der Waals surface area contributed by atoms with Crippen LogP contribution in [0, 0.1) is 5.92 Å². The van der Waals surface area contributed by atoms with Crippen molar-refractivity contribution in [2.75, 3.05) is 18.4 Å². The Balaban J connectivity index is 1.29. The van der Waals surface area contributed by atoms with Crippen molar-refractivity contribution in [1.29, 1.82) is 0 Å². The van der Waals surface area contributed by atoms with E-state index in [2.05, 4.69) is 20.4 Å². The number of likely N-dealkylation sites (tertiary alicyclic amines) is 1. The van der Waals surface area contributed by atoms with Crippen molar-refractivity contribution in [2.45, 2.75) is 25.7 Å². The molecule has 0 saturated carbocycles. The van der Waals surface area contributed by atoms with Gasteiger partial charge in [0.2, 0.25) is 23.5 Å². The molecule has 0 aliphatic carbocycles. The van der Waals surface area contributed by atoms with E-state index in [-0.39, 0.29) is 24.2 Å². The normalized spacial score (nSPS) is 16.9. The van der Waals surface area contributed by atoms with Crippen molar-refractivity contribution < 1.29 is 14.1 Å². The second-order valence-electron chi connectivity index (χ2n) is 6.49. The van der Waals surface area contributed by atoms with Crippen LogP contribution in [-0.4, -0.2) is 44.9 Å². The molecule has 0 bridgehead atoms. The van der Waals surface area contributed by atoms with E-state index in [0.29, 0.717) is 36.4 Å². The highest BCUT2D eigenvalue weighted by Crippen LogP contribution is 2.23. The van der Waals surface area contributed by atoms with Crippen molar-refractivity contribution in [2.24, 2.45) is 5.92 Å². The Morgan fingerprint density at radius 1 is 1.32 bits per heavy atom. The fourth-order valence-electron chi connectivity index (χ4n) is 3.14. The number of nitrogens with zero attached hydrogens (tertiary/aromatic N) is 4. The maximum Gasteiger partial charge on any atom is 0.231 e. The van der Waals surface area contributed by atoms with Crippen LogP contribution < -0.4 is 5.32 Å². The van der Waals surface area contributed by atoms with Gasteiger partial charge in [-0.3, -0.25) is 9.59 Å². The number of carbonyl (C=O) groups excluding carboxylic acids is 2. The van der Waals surface area contributed by atoms with Gasteiger partial charge in [-0.25, -0.2) is 4.98 Å². The molecular formula is C18H19N5O3S2. The van der Waals surface area contributed by atoms with Crippen LogP contribution in [0.25, 0.3) is 10.7 Å². The molecule has 1 N–H and O–H groups in total. The third-order valence-corrected chi connectivity index (χ3v) is 6.12. The Morgan fingerprint density at radius 3 is 3.04 bits per heavy atom. The second kappa shape index (κ2) is 8.61. The zero-order valence-electron chi connectivity index (χ0n) is 15.0. The number of piperidine rings is 1. The van der Waals surface area contributed by atoms with Crippen LogP contribution in [0.15, 0.2) is 33.6 Å². The summed E-state index contributed by atoms with van der Waals surface area (Å²) < 4.78 is 5.25. The highest BCUT2D eigenvalue weighted by atomic mass is 32.1. The number of thiophene rings is 1. The van der Waals surface area contributed by atoms with Gasteiger partial charge >= 0.3 is 0 Å². The molecule has 146 valence electrons. The minimum atomic E-state index is -0.213. The largest absolute Gasteiger partial charge is 0.342 e. The molecular weight excluding hydrogens is 398 g/mol. The van der Waals surface area contributed by atoms with E-state index in [9.17, 15) is 9.59 Å². The summed E-state index contributed by atoms with van der Waals surface area (Å²) in [5.74, 6) is 0.712. The Bertz CT molecular complexity index is 923. The Hall–Kier alpha value is -2.59. The van der Waals surface area contributed by atoms with Crippen molar-refractivity contribution in [3.05, 3.63) is 35.0 Å². The summed E-state index contributed by atoms with van der Waals surface area (Å²) in [4.78, 5) is 36.1. The Kier molecular flexibility index (Phi) is 5.77. The fraction of sp³-hybridized carbons (Fsp3) is 0.389. The summed E-state index contributed by atoms with van der Waals surface area (Å²) >= 11 is 2.92. The summed E-state index contributed by atoms with van der Waals surface area (Å²) in [5, 5.41) is 11.1. The molecule has 1 unspecified atom stereocenters. The predicted octanol–water partition coefficient (Wildman–Crippen LogP) is 3.06. The average molecular weight is 418 g/mol. The quantitative estimate of drug-likeness (QED) is 0.661. The highest BCUT2D eigenvalue weighted by Gasteiger charge is 2.28. The molecule has 1 atom stereocenters. The number of anilines is 1. The maximum absolute atomic E-state index is 12.6. The standard InChI is InChI=1S/C18H19N5O3S2/c24-15(6-5-14-20-16(22-26-14)13-4-2-9-27-13)23-8-1-3-12(11-23)17(25)21-18-19-7-10-28-18/h2,4,7,9-10,12H,1,3,5-6,8,11H2,(H,19,21,25). The lowest BCUT2D eigenvalue weighted by Crippen LogP contribution is -2.43. The number of hydrogen-bond donors (Lipinski definition) is 1. The minimum Gasteiger partial charge on any atom is -0.342 e. The number of hydrogen-bond acceptors (Lipinski definition) is 8. The first-order chi connectivity index (χ1) is 13.7. The van der Waals surface area contributed by atoms with E-state index in [4.69, 9.17) is 4.52 Å².